The van der Waals surface area contributed by atoms with Crippen LogP contribution in [-0.4, -0.2) is 44.7 Å². The molecule has 3 heterocycles. The van der Waals surface area contributed by atoms with Gasteiger partial charge in [0.05, 0.1) is 17.7 Å². The van der Waals surface area contributed by atoms with Crippen molar-refractivity contribution < 1.29 is 18.0 Å². The van der Waals surface area contributed by atoms with Gasteiger partial charge >= 0.3 is 6.18 Å². The average Bonchev–Trinajstić information content (AvgIpc) is 2.95. The minimum absolute atomic E-state index is 0.00118. The number of carbonyl (C=O) groups is 1. The van der Waals surface area contributed by atoms with Crippen LogP contribution in [0.25, 0.3) is 5.82 Å². The summed E-state index contributed by atoms with van der Waals surface area (Å²) in [4.78, 5) is 18.6. The van der Waals surface area contributed by atoms with Crippen LogP contribution in [0.4, 0.5) is 13.2 Å². The first kappa shape index (κ1) is 20.3. The lowest BCUT2D eigenvalue weighted by Crippen LogP contribution is -2.48. The number of halogens is 3. The first-order valence-corrected chi connectivity index (χ1v) is 9.30. The number of hydrogen-bond donors (Lipinski definition) is 1. The molecule has 9 heteroatoms. The van der Waals surface area contributed by atoms with Crippen molar-refractivity contribution in [3.8, 4) is 5.82 Å². The van der Waals surface area contributed by atoms with E-state index >= 15 is 0 Å². The lowest BCUT2D eigenvalue weighted by Gasteiger charge is -2.35. The molecule has 0 aromatic carbocycles. The van der Waals surface area contributed by atoms with Crippen LogP contribution in [0.5, 0.6) is 0 Å². The zero-order valence-corrected chi connectivity index (χ0v) is 16.0. The van der Waals surface area contributed by atoms with E-state index in [0.717, 1.165) is 37.1 Å². The van der Waals surface area contributed by atoms with Crippen molar-refractivity contribution in [2.75, 3.05) is 13.1 Å². The number of alkyl halides is 3. The number of nitrogens with zero attached hydrogens (tertiary/aromatic N) is 4. The summed E-state index contributed by atoms with van der Waals surface area (Å²) in [7, 11) is 0. The molecular weight excluding hydrogens is 371 g/mol. The molecule has 2 aromatic heterocycles. The Hall–Kier alpha value is -2.42. The Morgan fingerprint density at radius 1 is 1.29 bits per heavy atom. The standard InChI is InChI=1S/C19H24F3N5O/c1-12-16(9-18(28)26-8-4-3-5-15(26)10-23)13(2)27(25-12)17-7-6-14(11-24-17)19(20,21)22/h6-7,11,15H,3-5,8-10,23H2,1-2H3/t15-/m0/s1. The molecule has 0 saturated carbocycles. The summed E-state index contributed by atoms with van der Waals surface area (Å²) < 4.78 is 39.7. The van der Waals surface area contributed by atoms with Gasteiger partial charge in [-0.05, 0) is 45.2 Å². The molecule has 0 bridgehead atoms. The van der Waals surface area contributed by atoms with Crippen LogP contribution >= 0.6 is 0 Å². The molecule has 3 rings (SSSR count). The van der Waals surface area contributed by atoms with E-state index in [9.17, 15) is 18.0 Å². The Labute approximate surface area is 161 Å². The van der Waals surface area contributed by atoms with Gasteiger partial charge in [-0.3, -0.25) is 4.79 Å². The molecule has 1 aliphatic heterocycles. The predicted molar refractivity (Wildman–Crippen MR) is 97.9 cm³/mol. The molecule has 1 amide bonds. The number of amides is 1. The number of carbonyl (C=O) groups excluding carboxylic acids is 1. The fourth-order valence-electron chi connectivity index (χ4n) is 3.66. The quantitative estimate of drug-likeness (QED) is 0.864. The molecule has 0 unspecified atom stereocenters. The molecule has 0 spiro atoms. The van der Waals surface area contributed by atoms with Crippen molar-refractivity contribution in [1.29, 1.82) is 0 Å². The van der Waals surface area contributed by atoms with Gasteiger partial charge in [0.25, 0.3) is 0 Å². The van der Waals surface area contributed by atoms with Gasteiger partial charge in [-0.2, -0.15) is 18.3 Å². The SMILES string of the molecule is Cc1nn(-c2ccc(C(F)(F)F)cn2)c(C)c1CC(=O)N1CCCC[C@H]1CN. The molecule has 6 nitrogen and oxygen atoms in total. The molecule has 1 aliphatic rings. The number of aromatic nitrogens is 3. The zero-order valence-electron chi connectivity index (χ0n) is 16.0. The van der Waals surface area contributed by atoms with Crippen LogP contribution in [0.15, 0.2) is 18.3 Å². The summed E-state index contributed by atoms with van der Waals surface area (Å²) in [5.41, 5.74) is 7.12. The lowest BCUT2D eigenvalue weighted by molar-refractivity contribution is -0.138. The fraction of sp³-hybridized carbons (Fsp3) is 0.526. The lowest BCUT2D eigenvalue weighted by atomic mass is 10.0. The maximum Gasteiger partial charge on any atom is 0.417 e. The summed E-state index contributed by atoms with van der Waals surface area (Å²) in [6, 6.07) is 2.32. The van der Waals surface area contributed by atoms with Gasteiger partial charge in [-0.1, -0.05) is 0 Å². The Bertz CT molecular complexity index is 844. The van der Waals surface area contributed by atoms with E-state index in [0.29, 0.717) is 24.5 Å². The normalized spacial score (nSPS) is 17.8. The monoisotopic (exact) mass is 395 g/mol. The van der Waals surface area contributed by atoms with Crippen molar-refractivity contribution in [1.82, 2.24) is 19.7 Å². The van der Waals surface area contributed by atoms with Crippen LogP contribution < -0.4 is 5.73 Å². The highest BCUT2D eigenvalue weighted by Crippen LogP contribution is 2.29. The van der Waals surface area contributed by atoms with E-state index in [-0.39, 0.29) is 24.2 Å². The molecule has 2 N–H and O–H groups in total. The number of hydrogen-bond acceptors (Lipinski definition) is 4. The second-order valence-electron chi connectivity index (χ2n) is 7.11. The third-order valence-corrected chi connectivity index (χ3v) is 5.28. The average molecular weight is 395 g/mol. The zero-order chi connectivity index (χ0) is 20.5. The first-order chi connectivity index (χ1) is 13.2. The van der Waals surface area contributed by atoms with Crippen LogP contribution in [0.2, 0.25) is 0 Å². The highest BCUT2D eigenvalue weighted by molar-refractivity contribution is 5.79. The Morgan fingerprint density at radius 3 is 2.64 bits per heavy atom. The van der Waals surface area contributed by atoms with Crippen molar-refractivity contribution in [3.05, 3.63) is 40.8 Å². The number of pyridine rings is 1. The minimum atomic E-state index is -4.44. The number of piperidine rings is 1. The highest BCUT2D eigenvalue weighted by atomic mass is 19.4. The third kappa shape index (κ3) is 4.04. The molecule has 28 heavy (non-hydrogen) atoms. The first-order valence-electron chi connectivity index (χ1n) is 9.30. The van der Waals surface area contributed by atoms with E-state index in [1.807, 2.05) is 4.90 Å². The molecule has 2 aromatic rings. The van der Waals surface area contributed by atoms with Crippen LogP contribution in [0.1, 0.15) is 41.8 Å². The summed E-state index contributed by atoms with van der Waals surface area (Å²) in [5, 5.41) is 4.39. The van der Waals surface area contributed by atoms with Crippen LogP contribution in [0, 0.1) is 13.8 Å². The molecule has 152 valence electrons. The summed E-state index contributed by atoms with van der Waals surface area (Å²) in [5.74, 6) is 0.284. The minimum Gasteiger partial charge on any atom is -0.338 e. The predicted octanol–water partition coefficient (Wildman–Crippen LogP) is 2.79. The highest BCUT2D eigenvalue weighted by Gasteiger charge is 2.31. The molecule has 0 radical (unpaired) electrons. The topological polar surface area (TPSA) is 77.0 Å². The smallest absolute Gasteiger partial charge is 0.338 e. The molecular formula is C19H24F3N5O. The van der Waals surface area contributed by atoms with Crippen molar-refractivity contribution in [2.24, 2.45) is 5.73 Å². The summed E-state index contributed by atoms with van der Waals surface area (Å²) in [6.45, 7) is 4.72. The van der Waals surface area contributed by atoms with Gasteiger partial charge in [0, 0.05) is 36.6 Å². The summed E-state index contributed by atoms with van der Waals surface area (Å²) in [6.07, 6.45) is -0.512. The van der Waals surface area contributed by atoms with Crippen molar-refractivity contribution in [2.45, 2.75) is 51.7 Å². The van der Waals surface area contributed by atoms with E-state index in [4.69, 9.17) is 5.73 Å². The van der Waals surface area contributed by atoms with Crippen LogP contribution in [-0.2, 0) is 17.4 Å². The van der Waals surface area contributed by atoms with E-state index in [1.165, 1.54) is 10.7 Å². The maximum atomic E-state index is 12.8. The van der Waals surface area contributed by atoms with Crippen molar-refractivity contribution in [3.63, 3.8) is 0 Å². The van der Waals surface area contributed by atoms with Gasteiger partial charge in [-0.15, -0.1) is 0 Å². The molecule has 1 fully saturated rings. The molecule has 1 atom stereocenters. The third-order valence-electron chi connectivity index (χ3n) is 5.28. The number of likely N-dealkylation sites (tertiary alicyclic amines) is 1. The van der Waals surface area contributed by atoms with Crippen LogP contribution in [0.3, 0.4) is 0 Å². The van der Waals surface area contributed by atoms with Gasteiger partial charge in [-0.25, -0.2) is 9.67 Å². The maximum absolute atomic E-state index is 12.8. The fourth-order valence-corrected chi connectivity index (χ4v) is 3.66. The van der Waals surface area contributed by atoms with E-state index < -0.39 is 11.7 Å². The van der Waals surface area contributed by atoms with Gasteiger partial charge < -0.3 is 10.6 Å². The Balaban J connectivity index is 1.83. The second kappa shape index (κ2) is 7.90. The van der Waals surface area contributed by atoms with Gasteiger partial charge in [0.1, 0.15) is 0 Å². The Morgan fingerprint density at radius 2 is 2.04 bits per heavy atom. The number of nitrogens with two attached hydrogens (primary N) is 1. The summed E-state index contributed by atoms with van der Waals surface area (Å²) >= 11 is 0. The largest absolute Gasteiger partial charge is 0.417 e. The van der Waals surface area contributed by atoms with E-state index in [1.54, 1.807) is 13.8 Å². The van der Waals surface area contributed by atoms with E-state index in [2.05, 4.69) is 10.1 Å². The number of aryl methyl sites for hydroxylation is 1. The second-order valence-corrected chi connectivity index (χ2v) is 7.11. The Kier molecular flexibility index (Phi) is 5.74. The van der Waals surface area contributed by atoms with Crippen molar-refractivity contribution >= 4 is 5.91 Å². The van der Waals surface area contributed by atoms with Gasteiger partial charge in [0.2, 0.25) is 5.91 Å². The van der Waals surface area contributed by atoms with Gasteiger partial charge in [0.15, 0.2) is 5.82 Å². The molecule has 1 saturated heterocycles. The molecule has 0 aliphatic carbocycles. The number of rotatable bonds is 4.